The predicted molar refractivity (Wildman–Crippen MR) is 367 cm³/mol. The fraction of sp³-hybridized carbons (Fsp3) is 0.831. The summed E-state index contributed by atoms with van der Waals surface area (Å²) in [5.74, 6) is 4.97. The second-order valence-electron chi connectivity index (χ2n) is 32.9. The maximum Gasteiger partial charge on any atom is -0.00979 e. The van der Waals surface area contributed by atoms with E-state index in [2.05, 4.69) is 259 Å². The first-order chi connectivity index (χ1) is 34.5. The molecular formula is C71H130S5. The minimum Gasteiger partial charge on any atom is -0.179 e. The molecule has 76 heavy (non-hydrogen) atoms. The van der Waals surface area contributed by atoms with Crippen LogP contribution in [0.1, 0.15) is 321 Å². The second-order valence-corrected chi connectivity index (χ2v) is 35.1. The molecule has 0 N–H and O–H groups in total. The molecule has 0 aliphatic rings. The molecule has 2 aromatic rings. The number of hydrogen-bond donors (Lipinski definition) is 5. The van der Waals surface area contributed by atoms with Crippen molar-refractivity contribution in [2.75, 3.05) is 28.8 Å². The minimum absolute atomic E-state index is 0.103. The third-order valence-electron chi connectivity index (χ3n) is 17.6. The molecule has 0 aliphatic heterocycles. The van der Waals surface area contributed by atoms with Gasteiger partial charge in [0.1, 0.15) is 0 Å². The highest BCUT2D eigenvalue weighted by Crippen LogP contribution is 2.49. The lowest BCUT2D eigenvalue weighted by molar-refractivity contribution is 0.225. The number of unbranched alkanes of at least 4 members (excludes halogenated alkanes) is 5. The zero-order valence-corrected chi connectivity index (χ0v) is 59.3. The molecule has 0 radical (unpaired) electrons. The average Bonchev–Trinajstić information content (AvgIpc) is 3.24. The molecule has 5 heteroatoms. The maximum absolute atomic E-state index is 4.47. The number of thiol groups is 5. The van der Waals surface area contributed by atoms with Gasteiger partial charge >= 0.3 is 0 Å². The summed E-state index contributed by atoms with van der Waals surface area (Å²) in [4.78, 5) is 0. The van der Waals surface area contributed by atoms with Gasteiger partial charge in [-0.05, 0) is 218 Å². The number of benzene rings is 2. The topological polar surface area (TPSA) is 0 Å². The highest BCUT2D eigenvalue weighted by Gasteiger charge is 2.38. The van der Waals surface area contributed by atoms with Crippen LogP contribution in [0.4, 0.5) is 0 Å². The zero-order chi connectivity index (χ0) is 58.9. The van der Waals surface area contributed by atoms with E-state index in [1.165, 1.54) is 162 Å². The molecular weight excluding hydrogens is 1010 g/mol. The van der Waals surface area contributed by atoms with Crippen molar-refractivity contribution in [2.45, 2.75) is 320 Å². The fourth-order valence-electron chi connectivity index (χ4n) is 14.2. The summed E-state index contributed by atoms with van der Waals surface area (Å²) in [5.41, 5.74) is 11.4. The van der Waals surface area contributed by atoms with Gasteiger partial charge in [0, 0.05) is 0 Å². The highest BCUT2D eigenvalue weighted by atomic mass is 32.1. The van der Waals surface area contributed by atoms with Crippen LogP contribution in [0.3, 0.4) is 0 Å². The van der Waals surface area contributed by atoms with Gasteiger partial charge in [0.05, 0.1) is 0 Å². The summed E-state index contributed by atoms with van der Waals surface area (Å²) in [6.07, 6.45) is 24.7. The Labute approximate surface area is 505 Å². The molecule has 2 rings (SSSR count). The van der Waals surface area contributed by atoms with Crippen LogP contribution in [-0.2, 0) is 32.5 Å². The Kier molecular flexibility index (Phi) is 30.5. The smallest absolute Gasteiger partial charge is 0.00979 e. The van der Waals surface area contributed by atoms with Crippen molar-refractivity contribution in [1.29, 1.82) is 0 Å². The Bertz CT molecular complexity index is 1760. The van der Waals surface area contributed by atoms with Crippen LogP contribution in [0.25, 0.3) is 0 Å². The highest BCUT2D eigenvalue weighted by molar-refractivity contribution is 7.80. The molecule has 0 heterocycles. The molecule has 0 unspecified atom stereocenters. The number of rotatable bonds is 35. The van der Waals surface area contributed by atoms with Crippen molar-refractivity contribution in [2.24, 2.45) is 27.1 Å². The van der Waals surface area contributed by atoms with E-state index >= 15 is 0 Å². The van der Waals surface area contributed by atoms with E-state index in [0.29, 0.717) is 27.1 Å². The summed E-state index contributed by atoms with van der Waals surface area (Å²) in [7, 11) is 0. The average molecular weight is 1140 g/mol. The first-order valence-corrected chi connectivity index (χ1v) is 34.0. The largest absolute Gasteiger partial charge is 0.179 e. The van der Waals surface area contributed by atoms with Crippen LogP contribution >= 0.6 is 63.1 Å². The lowest BCUT2D eigenvalue weighted by atomic mass is 9.64. The van der Waals surface area contributed by atoms with Gasteiger partial charge in [-0.25, -0.2) is 0 Å². The summed E-state index contributed by atoms with van der Waals surface area (Å²) in [5, 5.41) is 0. The van der Waals surface area contributed by atoms with E-state index in [1.807, 2.05) is 0 Å². The lowest BCUT2D eigenvalue weighted by Crippen LogP contribution is -2.32. The van der Waals surface area contributed by atoms with E-state index in [9.17, 15) is 0 Å². The van der Waals surface area contributed by atoms with Crippen molar-refractivity contribution in [3.63, 3.8) is 0 Å². The molecule has 0 aliphatic carbocycles. The van der Waals surface area contributed by atoms with E-state index < -0.39 is 0 Å². The van der Waals surface area contributed by atoms with Crippen LogP contribution < -0.4 is 0 Å². The van der Waals surface area contributed by atoms with Gasteiger partial charge in [0.15, 0.2) is 0 Å². The van der Waals surface area contributed by atoms with Gasteiger partial charge in [-0.15, -0.1) is 0 Å². The van der Waals surface area contributed by atoms with Crippen molar-refractivity contribution < 1.29 is 0 Å². The summed E-state index contributed by atoms with van der Waals surface area (Å²) in [6, 6.07) is 15.4. The Morgan fingerprint density at radius 2 is 0.368 bits per heavy atom. The third-order valence-corrected chi connectivity index (χ3v) is 19.1. The quantitative estimate of drug-likeness (QED) is 0.0330. The zero-order valence-electron chi connectivity index (χ0n) is 54.9. The van der Waals surface area contributed by atoms with E-state index in [0.717, 1.165) is 28.8 Å². The predicted octanol–water partition coefficient (Wildman–Crippen LogP) is 23.6. The molecule has 0 spiro atoms. The second kappa shape index (κ2) is 31.2. The lowest BCUT2D eigenvalue weighted by Gasteiger charge is -2.41. The van der Waals surface area contributed by atoms with E-state index in [4.69, 9.17) is 0 Å². The van der Waals surface area contributed by atoms with Gasteiger partial charge in [0.2, 0.25) is 0 Å². The van der Waals surface area contributed by atoms with Gasteiger partial charge < -0.3 is 0 Å². The molecule has 0 bridgehead atoms. The first-order valence-electron chi connectivity index (χ1n) is 30.8. The van der Waals surface area contributed by atoms with E-state index in [-0.39, 0.29) is 32.5 Å². The molecule has 0 aromatic heterocycles. The molecule has 0 nitrogen and oxygen atoms in total. The monoisotopic (exact) mass is 1140 g/mol. The van der Waals surface area contributed by atoms with Crippen LogP contribution in [0.15, 0.2) is 36.4 Å². The van der Waals surface area contributed by atoms with Gasteiger partial charge in [-0.3, -0.25) is 0 Å². The standard InChI is InChI=1S/C39H72S3.C32H58S2/c1-34(2,19-13-16-22-40)28-37(7,8)31-25-32(38(9,10)29-35(3,4)20-14-17-23-41)27-33(26-31)39(11,12)30-36(5,6)21-15-18-24-42;1-28(2,3)25-20-26(31(8,9)23-29(4,5)16-12-14-18-33)22-27(21-25)32(10,11)24-30(6,7)17-13-15-19-34/h25-27,40-42H,13-24,28-30H2,1-12H3;20-22,33-34H,12-19,23-24H2,1-11H3. The number of hydrogen-bond acceptors (Lipinski definition) is 5. The molecule has 0 atom stereocenters. The normalized spacial score (nSPS) is 14.1. The summed E-state index contributed by atoms with van der Waals surface area (Å²) < 4.78 is 0. The van der Waals surface area contributed by atoms with Gasteiger partial charge in [0.25, 0.3) is 0 Å². The minimum atomic E-state index is 0.103. The fourth-order valence-corrected chi connectivity index (χ4v) is 15.3. The van der Waals surface area contributed by atoms with Gasteiger partial charge in [-0.1, -0.05) is 228 Å². The van der Waals surface area contributed by atoms with Crippen LogP contribution in [0.2, 0.25) is 0 Å². The molecule has 0 saturated carbocycles. The van der Waals surface area contributed by atoms with Gasteiger partial charge in [-0.2, -0.15) is 63.1 Å². The van der Waals surface area contributed by atoms with Crippen molar-refractivity contribution in [1.82, 2.24) is 0 Å². The summed E-state index contributed by atoms with van der Waals surface area (Å²) in [6.45, 7) is 56.6. The molecule has 0 fully saturated rings. The third kappa shape index (κ3) is 27.5. The molecule has 2 aromatic carbocycles. The van der Waals surface area contributed by atoms with Crippen LogP contribution in [0.5, 0.6) is 0 Å². The Morgan fingerprint density at radius 3 is 0.500 bits per heavy atom. The Morgan fingerprint density at radius 1 is 0.224 bits per heavy atom. The first kappa shape index (κ1) is 74.2. The Hall–Kier alpha value is 0.190. The Balaban J connectivity index is 0.000000777. The van der Waals surface area contributed by atoms with Crippen molar-refractivity contribution in [3.05, 3.63) is 69.8 Å². The maximum atomic E-state index is 4.47. The molecule has 0 amide bonds. The summed E-state index contributed by atoms with van der Waals surface area (Å²) >= 11 is 22.2. The molecule has 444 valence electrons. The van der Waals surface area contributed by atoms with Crippen molar-refractivity contribution in [3.8, 4) is 0 Å². The molecule has 0 saturated heterocycles. The SMILES string of the molecule is CC(C)(CCCCS)CC(C)(C)c1cc(C(C)(C)C)cc(C(C)(C)CC(C)(C)CCCCS)c1.CC(C)(CCCCS)CC(C)(C)c1cc(C(C)(C)CC(C)(C)CCCCS)cc(C(C)(C)CC(C)(C)CCCCS)c1. The van der Waals surface area contributed by atoms with Crippen molar-refractivity contribution >= 4 is 63.1 Å². The van der Waals surface area contributed by atoms with Crippen LogP contribution in [-0.4, -0.2) is 28.8 Å². The van der Waals surface area contributed by atoms with Crippen LogP contribution in [0, 0.1) is 27.1 Å². The van der Waals surface area contributed by atoms with E-state index in [1.54, 1.807) is 0 Å².